The standard InChI is InChI=1S/C12H20N4O/c1-15(7-8-17-2)11-9-12(14-10-13-11)16-5-3-4-6-16/h9-10H,3-8H2,1-2H3. The van der Waals surface area contributed by atoms with Crippen molar-refractivity contribution in [3.8, 4) is 0 Å². The van der Waals surface area contributed by atoms with E-state index in [9.17, 15) is 0 Å². The molecule has 0 saturated carbocycles. The minimum absolute atomic E-state index is 0.708. The topological polar surface area (TPSA) is 41.5 Å². The lowest BCUT2D eigenvalue weighted by atomic mass is 10.4. The summed E-state index contributed by atoms with van der Waals surface area (Å²) in [7, 11) is 3.73. The summed E-state index contributed by atoms with van der Waals surface area (Å²) in [6.07, 6.45) is 4.17. The average Bonchev–Trinajstić information content (AvgIpc) is 2.90. The second kappa shape index (κ2) is 5.82. The smallest absolute Gasteiger partial charge is 0.134 e. The number of anilines is 2. The third kappa shape index (κ3) is 3.06. The Hall–Kier alpha value is -1.36. The Morgan fingerprint density at radius 3 is 2.82 bits per heavy atom. The van der Waals surface area contributed by atoms with Crippen LogP contribution in [0.1, 0.15) is 12.8 Å². The van der Waals surface area contributed by atoms with Crippen molar-refractivity contribution in [2.75, 3.05) is 50.2 Å². The van der Waals surface area contributed by atoms with Gasteiger partial charge in [-0.3, -0.25) is 0 Å². The molecule has 1 aromatic heterocycles. The Morgan fingerprint density at radius 1 is 1.35 bits per heavy atom. The molecule has 1 aromatic rings. The van der Waals surface area contributed by atoms with Crippen molar-refractivity contribution in [3.05, 3.63) is 12.4 Å². The summed E-state index contributed by atoms with van der Waals surface area (Å²) in [5.74, 6) is 2.00. The van der Waals surface area contributed by atoms with Gasteiger partial charge < -0.3 is 14.5 Å². The van der Waals surface area contributed by atoms with E-state index in [-0.39, 0.29) is 0 Å². The van der Waals surface area contributed by atoms with Crippen molar-refractivity contribution in [2.45, 2.75) is 12.8 Å². The predicted octanol–water partition coefficient (Wildman–Crippen LogP) is 1.16. The van der Waals surface area contributed by atoms with Crippen LogP contribution in [0.25, 0.3) is 0 Å². The molecule has 0 atom stereocenters. The van der Waals surface area contributed by atoms with Gasteiger partial charge in [-0.2, -0.15) is 0 Å². The van der Waals surface area contributed by atoms with Crippen LogP contribution in [0.2, 0.25) is 0 Å². The Labute approximate surface area is 102 Å². The van der Waals surface area contributed by atoms with Gasteiger partial charge in [-0.05, 0) is 12.8 Å². The first-order chi connectivity index (χ1) is 8.31. The van der Waals surface area contributed by atoms with Crippen molar-refractivity contribution >= 4 is 11.6 Å². The molecule has 0 aliphatic carbocycles. The zero-order valence-electron chi connectivity index (χ0n) is 10.6. The van der Waals surface area contributed by atoms with Crippen LogP contribution in [0.15, 0.2) is 12.4 Å². The van der Waals surface area contributed by atoms with Crippen LogP contribution < -0.4 is 9.80 Å². The van der Waals surface area contributed by atoms with Crippen LogP contribution in [0.4, 0.5) is 11.6 Å². The molecule has 0 spiro atoms. The molecule has 1 aliphatic rings. The Morgan fingerprint density at radius 2 is 2.12 bits per heavy atom. The van der Waals surface area contributed by atoms with E-state index in [0.29, 0.717) is 6.61 Å². The summed E-state index contributed by atoms with van der Waals surface area (Å²) in [6.45, 7) is 3.77. The summed E-state index contributed by atoms with van der Waals surface area (Å²) in [5.41, 5.74) is 0. The minimum atomic E-state index is 0.708. The molecule has 5 nitrogen and oxygen atoms in total. The van der Waals surface area contributed by atoms with E-state index in [1.165, 1.54) is 12.8 Å². The van der Waals surface area contributed by atoms with Crippen molar-refractivity contribution in [1.82, 2.24) is 9.97 Å². The molecule has 2 heterocycles. The number of nitrogens with zero attached hydrogens (tertiary/aromatic N) is 4. The van der Waals surface area contributed by atoms with Gasteiger partial charge in [0.1, 0.15) is 18.0 Å². The maximum atomic E-state index is 5.07. The van der Waals surface area contributed by atoms with Crippen LogP contribution in [0, 0.1) is 0 Å². The van der Waals surface area contributed by atoms with Crippen molar-refractivity contribution < 1.29 is 4.74 Å². The SMILES string of the molecule is COCCN(C)c1cc(N2CCCC2)ncn1. The molecule has 0 radical (unpaired) electrons. The number of methoxy groups -OCH3 is 1. The van der Waals surface area contributed by atoms with Crippen LogP contribution in [-0.4, -0.2) is 50.4 Å². The lowest BCUT2D eigenvalue weighted by Gasteiger charge is -2.21. The second-order valence-corrected chi connectivity index (χ2v) is 4.34. The van der Waals surface area contributed by atoms with Gasteiger partial charge in [-0.25, -0.2) is 9.97 Å². The fraction of sp³-hybridized carbons (Fsp3) is 0.667. The van der Waals surface area contributed by atoms with E-state index < -0.39 is 0 Å². The lowest BCUT2D eigenvalue weighted by molar-refractivity contribution is 0.206. The Balaban J connectivity index is 2.05. The minimum Gasteiger partial charge on any atom is -0.383 e. The first-order valence-corrected chi connectivity index (χ1v) is 6.08. The first-order valence-electron chi connectivity index (χ1n) is 6.08. The fourth-order valence-corrected chi connectivity index (χ4v) is 2.01. The molecule has 2 rings (SSSR count). The fourth-order valence-electron chi connectivity index (χ4n) is 2.01. The van der Waals surface area contributed by atoms with Crippen LogP contribution in [0.3, 0.4) is 0 Å². The van der Waals surface area contributed by atoms with E-state index >= 15 is 0 Å². The zero-order chi connectivity index (χ0) is 12.1. The number of rotatable bonds is 5. The average molecular weight is 236 g/mol. The summed E-state index contributed by atoms with van der Waals surface area (Å²) in [6, 6.07) is 2.06. The van der Waals surface area contributed by atoms with E-state index in [4.69, 9.17) is 4.74 Å². The molecule has 5 heteroatoms. The highest BCUT2D eigenvalue weighted by molar-refractivity contribution is 5.50. The van der Waals surface area contributed by atoms with Gasteiger partial charge in [0.15, 0.2) is 0 Å². The number of likely N-dealkylation sites (N-methyl/N-ethyl adjacent to an activating group) is 1. The molecule has 0 amide bonds. The van der Waals surface area contributed by atoms with Gasteiger partial charge >= 0.3 is 0 Å². The maximum Gasteiger partial charge on any atom is 0.134 e. The van der Waals surface area contributed by atoms with Crippen LogP contribution in [0.5, 0.6) is 0 Å². The molecule has 17 heavy (non-hydrogen) atoms. The van der Waals surface area contributed by atoms with Gasteiger partial charge in [0, 0.05) is 39.9 Å². The zero-order valence-corrected chi connectivity index (χ0v) is 10.6. The summed E-state index contributed by atoms with van der Waals surface area (Å²) in [5, 5.41) is 0. The van der Waals surface area contributed by atoms with Crippen LogP contribution in [-0.2, 0) is 4.74 Å². The lowest BCUT2D eigenvalue weighted by Crippen LogP contribution is -2.24. The normalized spacial score (nSPS) is 15.3. The van der Waals surface area contributed by atoms with Gasteiger partial charge in [-0.1, -0.05) is 0 Å². The molecule has 0 aromatic carbocycles. The van der Waals surface area contributed by atoms with Crippen molar-refractivity contribution in [3.63, 3.8) is 0 Å². The summed E-state index contributed by atoms with van der Waals surface area (Å²) in [4.78, 5) is 13.0. The number of hydrogen-bond donors (Lipinski definition) is 0. The third-order valence-electron chi connectivity index (χ3n) is 3.09. The molecule has 1 aliphatic heterocycles. The van der Waals surface area contributed by atoms with Gasteiger partial charge in [0.25, 0.3) is 0 Å². The van der Waals surface area contributed by atoms with Gasteiger partial charge in [0.05, 0.1) is 6.61 Å². The molecule has 0 N–H and O–H groups in total. The molecule has 0 bridgehead atoms. The second-order valence-electron chi connectivity index (χ2n) is 4.34. The van der Waals surface area contributed by atoms with E-state index in [1.54, 1.807) is 13.4 Å². The predicted molar refractivity (Wildman–Crippen MR) is 68.6 cm³/mol. The van der Waals surface area contributed by atoms with E-state index in [2.05, 4.69) is 25.8 Å². The van der Waals surface area contributed by atoms with Crippen molar-refractivity contribution in [1.29, 1.82) is 0 Å². The summed E-state index contributed by atoms with van der Waals surface area (Å²) < 4.78 is 5.07. The molecular formula is C12H20N4O. The number of hydrogen-bond acceptors (Lipinski definition) is 5. The Kier molecular flexibility index (Phi) is 4.14. The van der Waals surface area contributed by atoms with E-state index in [0.717, 1.165) is 31.3 Å². The molecule has 94 valence electrons. The molecular weight excluding hydrogens is 216 g/mol. The highest BCUT2D eigenvalue weighted by atomic mass is 16.5. The maximum absolute atomic E-state index is 5.07. The quantitative estimate of drug-likeness (QED) is 0.767. The first kappa shape index (κ1) is 12.1. The largest absolute Gasteiger partial charge is 0.383 e. The Bertz CT molecular complexity index is 352. The number of aromatic nitrogens is 2. The third-order valence-corrected chi connectivity index (χ3v) is 3.09. The highest BCUT2D eigenvalue weighted by Gasteiger charge is 2.14. The highest BCUT2D eigenvalue weighted by Crippen LogP contribution is 2.20. The molecule has 0 unspecified atom stereocenters. The van der Waals surface area contributed by atoms with Crippen LogP contribution >= 0.6 is 0 Å². The van der Waals surface area contributed by atoms with Crippen molar-refractivity contribution in [2.24, 2.45) is 0 Å². The summed E-state index contributed by atoms with van der Waals surface area (Å²) >= 11 is 0. The molecule has 1 fully saturated rings. The van der Waals surface area contributed by atoms with E-state index in [1.807, 2.05) is 7.05 Å². The molecule has 1 saturated heterocycles. The van der Waals surface area contributed by atoms with Gasteiger partial charge in [0.2, 0.25) is 0 Å². The monoisotopic (exact) mass is 236 g/mol. The number of ether oxygens (including phenoxy) is 1. The van der Waals surface area contributed by atoms with Gasteiger partial charge in [-0.15, -0.1) is 0 Å².